The smallest absolute Gasteiger partial charge is 0.323 e. The molecule has 0 aliphatic carbocycles. The molecule has 1 aliphatic rings. The summed E-state index contributed by atoms with van der Waals surface area (Å²) in [5.41, 5.74) is 1.07. The molecule has 0 saturated carbocycles. The van der Waals surface area contributed by atoms with Crippen molar-refractivity contribution >= 4 is 12.3 Å². The molecule has 128 valence electrons. The van der Waals surface area contributed by atoms with Crippen molar-refractivity contribution in [1.29, 1.82) is 0 Å². The third kappa shape index (κ3) is 7.76. The van der Waals surface area contributed by atoms with E-state index in [0.29, 0.717) is 19.6 Å². The lowest BCUT2D eigenvalue weighted by molar-refractivity contribution is -0.145. The number of nitrogens with one attached hydrogen (secondary N) is 2. The molecule has 0 radical (unpaired) electrons. The molecule has 0 unspecified atom stereocenters. The summed E-state index contributed by atoms with van der Waals surface area (Å²) in [5.74, 6) is 0.632. The Morgan fingerprint density at radius 3 is 2.39 bits per heavy atom. The summed E-state index contributed by atoms with van der Waals surface area (Å²) in [6.07, 6.45) is 1.53. The van der Waals surface area contributed by atoms with Crippen molar-refractivity contribution in [3.8, 4) is 5.75 Å². The first-order valence-corrected chi connectivity index (χ1v) is 7.88. The Morgan fingerprint density at radius 1 is 1.35 bits per heavy atom. The quantitative estimate of drug-likeness (QED) is 0.421. The number of esters is 1. The Morgan fingerprint density at radius 2 is 2.00 bits per heavy atom. The highest BCUT2D eigenvalue weighted by atomic mass is 16.5. The van der Waals surface area contributed by atoms with Gasteiger partial charge in [-0.25, -0.2) is 0 Å². The SMILES string of the molecule is CCOC(=O)[C@H](Cc1ccc(OCC)cc1)NC.O=C[C@@H]1CN1. The summed E-state index contributed by atoms with van der Waals surface area (Å²) in [7, 11) is 1.76. The van der Waals surface area contributed by atoms with Gasteiger partial charge in [-0.15, -0.1) is 0 Å². The largest absolute Gasteiger partial charge is 0.494 e. The summed E-state index contributed by atoms with van der Waals surface area (Å²) in [6.45, 7) is 5.71. The fraction of sp³-hybridized carbons (Fsp3) is 0.529. The molecule has 1 fully saturated rings. The fourth-order valence-corrected chi connectivity index (χ4v) is 1.83. The predicted octanol–water partition coefficient (Wildman–Crippen LogP) is 0.936. The first-order valence-electron chi connectivity index (χ1n) is 7.88. The number of rotatable bonds is 8. The van der Waals surface area contributed by atoms with Crippen LogP contribution < -0.4 is 15.4 Å². The zero-order valence-electron chi connectivity index (χ0n) is 14.0. The first kappa shape index (κ1) is 19.1. The molecule has 6 heteroatoms. The molecule has 0 aromatic heterocycles. The van der Waals surface area contributed by atoms with Crippen LogP contribution in [0.1, 0.15) is 19.4 Å². The first-order chi connectivity index (χ1) is 11.1. The van der Waals surface area contributed by atoms with Crippen molar-refractivity contribution in [2.75, 3.05) is 26.8 Å². The number of hydrogen-bond donors (Lipinski definition) is 2. The van der Waals surface area contributed by atoms with E-state index >= 15 is 0 Å². The van der Waals surface area contributed by atoms with Crippen LogP contribution in [0, 0.1) is 0 Å². The normalized spacial score (nSPS) is 16.6. The second kappa shape index (κ2) is 10.7. The Balaban J connectivity index is 0.000000446. The van der Waals surface area contributed by atoms with Crippen molar-refractivity contribution in [1.82, 2.24) is 10.6 Å². The molecule has 1 aromatic carbocycles. The number of benzene rings is 1. The van der Waals surface area contributed by atoms with E-state index in [0.717, 1.165) is 24.1 Å². The molecule has 2 atom stereocenters. The molecule has 6 nitrogen and oxygen atoms in total. The Hall–Kier alpha value is -1.92. The van der Waals surface area contributed by atoms with E-state index in [-0.39, 0.29) is 18.1 Å². The third-order valence-corrected chi connectivity index (χ3v) is 3.20. The molecule has 0 bridgehead atoms. The molecular weight excluding hydrogens is 296 g/mol. The Kier molecular flexibility index (Phi) is 8.94. The van der Waals surface area contributed by atoms with E-state index in [9.17, 15) is 9.59 Å². The second-order valence-corrected chi connectivity index (χ2v) is 5.03. The lowest BCUT2D eigenvalue weighted by atomic mass is 10.1. The van der Waals surface area contributed by atoms with Gasteiger partial charge in [-0.2, -0.15) is 0 Å². The number of carbonyl (C=O) groups is 2. The zero-order valence-corrected chi connectivity index (χ0v) is 14.0. The Bertz CT molecular complexity index is 472. The molecule has 2 rings (SSSR count). The minimum Gasteiger partial charge on any atom is -0.494 e. The maximum absolute atomic E-state index is 11.6. The van der Waals surface area contributed by atoms with Crippen LogP contribution in [0.2, 0.25) is 0 Å². The van der Waals surface area contributed by atoms with Gasteiger partial charge in [-0.05, 0) is 45.0 Å². The van der Waals surface area contributed by atoms with Crippen LogP contribution in [-0.4, -0.2) is 51.1 Å². The topological polar surface area (TPSA) is 86.6 Å². The molecule has 1 saturated heterocycles. The molecule has 1 aliphatic heterocycles. The van der Waals surface area contributed by atoms with E-state index in [1.165, 1.54) is 0 Å². The van der Waals surface area contributed by atoms with Gasteiger partial charge in [0.05, 0.1) is 19.3 Å². The zero-order chi connectivity index (χ0) is 17.1. The van der Waals surface area contributed by atoms with E-state index in [1.807, 2.05) is 38.1 Å². The molecule has 0 spiro atoms. The van der Waals surface area contributed by atoms with Crippen LogP contribution in [0.4, 0.5) is 0 Å². The van der Waals surface area contributed by atoms with Crippen LogP contribution in [0.5, 0.6) is 5.75 Å². The highest BCUT2D eigenvalue weighted by Gasteiger charge is 2.18. The fourth-order valence-electron chi connectivity index (χ4n) is 1.83. The van der Waals surface area contributed by atoms with E-state index in [2.05, 4.69) is 10.6 Å². The highest BCUT2D eigenvalue weighted by molar-refractivity contribution is 5.76. The summed E-state index contributed by atoms with van der Waals surface area (Å²) < 4.78 is 10.4. The van der Waals surface area contributed by atoms with Gasteiger partial charge in [0, 0.05) is 6.54 Å². The van der Waals surface area contributed by atoms with Crippen LogP contribution in [0.15, 0.2) is 24.3 Å². The molecular formula is C17H26N2O4. The lowest BCUT2D eigenvalue weighted by Crippen LogP contribution is -2.37. The molecule has 2 N–H and O–H groups in total. The molecule has 0 amide bonds. The summed E-state index contributed by atoms with van der Waals surface area (Å²) >= 11 is 0. The standard InChI is InChI=1S/C14H21NO3.C3H5NO/c1-4-17-12-8-6-11(7-9-12)10-13(15-3)14(16)18-5-2;5-2-3-1-4-3/h6-9,13,15H,4-5,10H2,1-3H3;2-4H,1H2/t13-;3-/m00/s1. The number of ether oxygens (including phenoxy) is 2. The summed E-state index contributed by atoms with van der Waals surface area (Å²) in [6, 6.07) is 7.66. The van der Waals surface area contributed by atoms with Gasteiger partial charge in [0.2, 0.25) is 0 Å². The van der Waals surface area contributed by atoms with Gasteiger partial charge in [-0.1, -0.05) is 12.1 Å². The number of likely N-dealkylation sites (N-methyl/N-ethyl adjacent to an activating group) is 1. The van der Waals surface area contributed by atoms with Crippen molar-refractivity contribution in [3.05, 3.63) is 29.8 Å². The van der Waals surface area contributed by atoms with Gasteiger partial charge in [0.15, 0.2) is 0 Å². The minimum atomic E-state index is -0.303. The van der Waals surface area contributed by atoms with Crippen LogP contribution in [0.25, 0.3) is 0 Å². The van der Waals surface area contributed by atoms with Crippen molar-refractivity contribution in [2.24, 2.45) is 0 Å². The Labute approximate surface area is 137 Å². The number of hydrogen-bond acceptors (Lipinski definition) is 6. The molecule has 1 heterocycles. The van der Waals surface area contributed by atoms with Gasteiger partial charge < -0.3 is 24.9 Å². The second-order valence-electron chi connectivity index (χ2n) is 5.03. The number of aldehydes is 1. The maximum atomic E-state index is 11.6. The van der Waals surface area contributed by atoms with Crippen LogP contribution in [-0.2, 0) is 20.7 Å². The predicted molar refractivity (Wildman–Crippen MR) is 88.7 cm³/mol. The van der Waals surface area contributed by atoms with Crippen molar-refractivity contribution in [3.63, 3.8) is 0 Å². The molecule has 1 aromatic rings. The van der Waals surface area contributed by atoms with Gasteiger partial charge in [0.25, 0.3) is 0 Å². The van der Waals surface area contributed by atoms with Gasteiger partial charge in [-0.3, -0.25) is 4.79 Å². The van der Waals surface area contributed by atoms with E-state index in [1.54, 1.807) is 7.05 Å². The van der Waals surface area contributed by atoms with Gasteiger partial charge >= 0.3 is 5.97 Å². The number of carbonyl (C=O) groups excluding carboxylic acids is 2. The van der Waals surface area contributed by atoms with Gasteiger partial charge in [0.1, 0.15) is 18.1 Å². The van der Waals surface area contributed by atoms with E-state index in [4.69, 9.17) is 9.47 Å². The average molecular weight is 322 g/mol. The lowest BCUT2D eigenvalue weighted by Gasteiger charge is -2.14. The highest BCUT2D eigenvalue weighted by Crippen LogP contribution is 2.13. The summed E-state index contributed by atoms with van der Waals surface area (Å²) in [5, 5.41) is 5.79. The van der Waals surface area contributed by atoms with Crippen LogP contribution in [0.3, 0.4) is 0 Å². The average Bonchev–Trinajstić information content (AvgIpc) is 3.39. The molecule has 23 heavy (non-hydrogen) atoms. The van der Waals surface area contributed by atoms with Crippen LogP contribution >= 0.6 is 0 Å². The monoisotopic (exact) mass is 322 g/mol. The van der Waals surface area contributed by atoms with E-state index < -0.39 is 0 Å². The summed E-state index contributed by atoms with van der Waals surface area (Å²) in [4.78, 5) is 21.1. The van der Waals surface area contributed by atoms with Crippen molar-refractivity contribution < 1.29 is 19.1 Å². The maximum Gasteiger partial charge on any atom is 0.323 e. The van der Waals surface area contributed by atoms with Crippen molar-refractivity contribution in [2.45, 2.75) is 32.4 Å². The third-order valence-electron chi connectivity index (χ3n) is 3.20. The minimum absolute atomic E-state index is 0.204.